The van der Waals surface area contributed by atoms with Crippen LogP contribution < -0.4 is 20.1 Å². The van der Waals surface area contributed by atoms with Crippen LogP contribution in [0.3, 0.4) is 0 Å². The zero-order valence-electron chi connectivity index (χ0n) is 21.5. The number of anilines is 1. The van der Waals surface area contributed by atoms with E-state index in [-0.39, 0.29) is 18.7 Å². The van der Waals surface area contributed by atoms with Gasteiger partial charge in [-0.1, -0.05) is 48.5 Å². The molecule has 3 heterocycles. The van der Waals surface area contributed by atoms with Crippen molar-refractivity contribution >= 4 is 28.9 Å². The Balaban J connectivity index is 1.20. The van der Waals surface area contributed by atoms with Crippen LogP contribution in [-0.4, -0.2) is 52.4 Å². The maximum absolute atomic E-state index is 13.9. The number of piperidine rings is 1. The summed E-state index contributed by atoms with van der Waals surface area (Å²) in [6, 6.07) is 24.1. The Kier molecular flexibility index (Phi) is 6.68. The number of fused-ring (bicyclic) bond motifs is 1. The van der Waals surface area contributed by atoms with E-state index in [2.05, 4.69) is 46.7 Å². The van der Waals surface area contributed by atoms with Crippen LogP contribution in [0.15, 0.2) is 72.8 Å². The summed E-state index contributed by atoms with van der Waals surface area (Å²) < 4.78 is 11.1. The molecule has 0 radical (unpaired) electrons. The van der Waals surface area contributed by atoms with Crippen molar-refractivity contribution in [1.29, 1.82) is 0 Å². The summed E-state index contributed by atoms with van der Waals surface area (Å²) >= 11 is 5.76. The number of carbonyl (C=O) groups is 1. The van der Waals surface area contributed by atoms with Gasteiger partial charge < -0.3 is 24.6 Å². The molecule has 0 saturated carbocycles. The number of hydrogen-bond donors (Lipinski definition) is 2. The van der Waals surface area contributed by atoms with Crippen molar-refractivity contribution in [3.05, 3.63) is 89.5 Å². The number of thiocarbonyl (C=S) groups is 1. The van der Waals surface area contributed by atoms with Gasteiger partial charge in [0.15, 0.2) is 16.6 Å². The Hall–Kier alpha value is -3.62. The molecule has 3 aliphatic rings. The van der Waals surface area contributed by atoms with Crippen molar-refractivity contribution in [1.82, 2.24) is 15.1 Å². The molecule has 0 bridgehead atoms. The summed E-state index contributed by atoms with van der Waals surface area (Å²) in [7, 11) is 0. The van der Waals surface area contributed by atoms with E-state index in [0.717, 1.165) is 59.4 Å². The van der Waals surface area contributed by atoms with Crippen LogP contribution >= 0.6 is 12.2 Å². The fourth-order valence-corrected chi connectivity index (χ4v) is 6.02. The number of carbonyl (C=O) groups excluding carboxylic acids is 1. The number of rotatable bonds is 5. The fourth-order valence-electron chi connectivity index (χ4n) is 5.72. The largest absolute Gasteiger partial charge is 0.454 e. The van der Waals surface area contributed by atoms with Crippen LogP contribution in [0.2, 0.25) is 0 Å². The first-order chi connectivity index (χ1) is 18.5. The monoisotopic (exact) mass is 528 g/mol. The standard InChI is InChI=1S/C30H32N4O3S/c1-21-6-5-9-24(16-21)31-29(38)33-14-12-30(13-15-33)32-25(17-22-7-3-2-4-8-22)28(35)34(30)19-23-10-11-26-27(18-23)37-20-36-26/h2-11,16,18,25,32H,12-15,17,19-20H2,1H3,(H,31,38)/t25-/m0/s1. The number of nitrogens with zero attached hydrogens (tertiary/aromatic N) is 2. The Morgan fingerprint density at radius 3 is 2.58 bits per heavy atom. The third kappa shape index (κ3) is 4.93. The van der Waals surface area contributed by atoms with E-state index in [1.807, 2.05) is 53.4 Å². The zero-order valence-corrected chi connectivity index (χ0v) is 22.3. The maximum atomic E-state index is 13.9. The van der Waals surface area contributed by atoms with E-state index < -0.39 is 5.66 Å². The highest BCUT2D eigenvalue weighted by molar-refractivity contribution is 7.80. The molecule has 2 saturated heterocycles. The summed E-state index contributed by atoms with van der Waals surface area (Å²) in [6.07, 6.45) is 2.23. The lowest BCUT2D eigenvalue weighted by Gasteiger charge is -2.45. The highest BCUT2D eigenvalue weighted by Crippen LogP contribution is 2.37. The molecule has 0 unspecified atom stereocenters. The molecule has 0 aliphatic carbocycles. The van der Waals surface area contributed by atoms with Gasteiger partial charge in [0.05, 0.1) is 11.7 Å². The van der Waals surface area contributed by atoms with Crippen LogP contribution in [0, 0.1) is 6.92 Å². The molecule has 1 atom stereocenters. The van der Waals surface area contributed by atoms with E-state index in [1.54, 1.807) is 0 Å². The van der Waals surface area contributed by atoms with Crippen LogP contribution in [0.25, 0.3) is 0 Å². The molecule has 1 spiro atoms. The topological polar surface area (TPSA) is 66.1 Å². The molecule has 3 aliphatic heterocycles. The van der Waals surface area contributed by atoms with Gasteiger partial charge in [0.1, 0.15) is 0 Å². The number of hydrogen-bond acceptors (Lipinski definition) is 5. The van der Waals surface area contributed by atoms with Crippen molar-refractivity contribution in [2.75, 3.05) is 25.2 Å². The second-order valence-electron chi connectivity index (χ2n) is 10.3. The average Bonchev–Trinajstić information content (AvgIpc) is 3.48. The highest BCUT2D eigenvalue weighted by atomic mass is 32.1. The first-order valence-electron chi connectivity index (χ1n) is 13.1. The third-order valence-electron chi connectivity index (χ3n) is 7.73. The SMILES string of the molecule is Cc1cccc(NC(=S)N2CCC3(CC2)N[C@@H](Cc2ccccc2)C(=O)N3Cc2ccc3c(c2)OCO3)c1. The van der Waals surface area contributed by atoms with Gasteiger partial charge in [0.2, 0.25) is 12.7 Å². The molecule has 7 nitrogen and oxygen atoms in total. The van der Waals surface area contributed by atoms with E-state index in [0.29, 0.717) is 13.0 Å². The first kappa shape index (κ1) is 24.7. The van der Waals surface area contributed by atoms with Gasteiger partial charge in [-0.05, 0) is 66.5 Å². The van der Waals surface area contributed by atoms with Gasteiger partial charge in [-0.25, -0.2) is 0 Å². The Labute approximate surface area is 228 Å². The number of benzene rings is 3. The maximum Gasteiger partial charge on any atom is 0.241 e. The quantitative estimate of drug-likeness (QED) is 0.474. The van der Waals surface area contributed by atoms with Gasteiger partial charge in [0, 0.05) is 38.2 Å². The van der Waals surface area contributed by atoms with Crippen molar-refractivity contribution in [2.45, 2.75) is 44.4 Å². The molecule has 196 valence electrons. The smallest absolute Gasteiger partial charge is 0.241 e. The van der Waals surface area contributed by atoms with Crippen molar-refractivity contribution < 1.29 is 14.3 Å². The molecule has 6 rings (SSSR count). The fraction of sp³-hybridized carbons (Fsp3) is 0.333. The molecular formula is C30H32N4O3S. The molecule has 8 heteroatoms. The second kappa shape index (κ2) is 10.3. The Morgan fingerprint density at radius 1 is 1.00 bits per heavy atom. The molecule has 0 aromatic heterocycles. The molecular weight excluding hydrogens is 496 g/mol. The average molecular weight is 529 g/mol. The summed E-state index contributed by atoms with van der Waals surface area (Å²) in [5.74, 6) is 1.62. The lowest BCUT2D eigenvalue weighted by atomic mass is 9.95. The number of likely N-dealkylation sites (tertiary alicyclic amines) is 1. The number of nitrogens with one attached hydrogen (secondary N) is 2. The predicted molar refractivity (Wildman–Crippen MR) is 151 cm³/mol. The van der Waals surface area contributed by atoms with E-state index >= 15 is 0 Å². The van der Waals surface area contributed by atoms with E-state index in [9.17, 15) is 4.79 Å². The van der Waals surface area contributed by atoms with Gasteiger partial charge in [-0.15, -0.1) is 0 Å². The van der Waals surface area contributed by atoms with Gasteiger partial charge >= 0.3 is 0 Å². The van der Waals surface area contributed by atoms with E-state index in [1.165, 1.54) is 5.56 Å². The van der Waals surface area contributed by atoms with Crippen molar-refractivity contribution in [3.8, 4) is 11.5 Å². The lowest BCUT2D eigenvalue weighted by molar-refractivity contribution is -0.134. The van der Waals surface area contributed by atoms with Gasteiger partial charge in [0.25, 0.3) is 0 Å². The summed E-state index contributed by atoms with van der Waals surface area (Å²) in [4.78, 5) is 18.1. The van der Waals surface area contributed by atoms with Crippen LogP contribution in [0.4, 0.5) is 5.69 Å². The molecule has 2 fully saturated rings. The molecule has 1 amide bonds. The third-order valence-corrected chi connectivity index (χ3v) is 8.09. The number of aryl methyl sites for hydroxylation is 1. The van der Waals surface area contributed by atoms with Gasteiger partial charge in [-0.3, -0.25) is 10.1 Å². The second-order valence-corrected chi connectivity index (χ2v) is 10.7. The zero-order chi connectivity index (χ0) is 26.1. The van der Waals surface area contributed by atoms with Crippen LogP contribution in [-0.2, 0) is 17.8 Å². The summed E-state index contributed by atoms with van der Waals surface area (Å²) in [5, 5.41) is 7.88. The van der Waals surface area contributed by atoms with Crippen LogP contribution in [0.5, 0.6) is 11.5 Å². The highest BCUT2D eigenvalue weighted by Gasteiger charge is 2.51. The first-order valence-corrected chi connectivity index (χ1v) is 13.5. The minimum atomic E-state index is -0.428. The predicted octanol–water partition coefficient (Wildman–Crippen LogP) is 4.46. The Morgan fingerprint density at radius 2 is 1.79 bits per heavy atom. The van der Waals surface area contributed by atoms with Crippen molar-refractivity contribution in [2.24, 2.45) is 0 Å². The van der Waals surface area contributed by atoms with E-state index in [4.69, 9.17) is 21.7 Å². The normalized spacial score (nSPS) is 19.7. The molecule has 3 aromatic rings. The molecule has 2 N–H and O–H groups in total. The summed E-state index contributed by atoms with van der Waals surface area (Å²) in [6.45, 7) is 4.33. The minimum Gasteiger partial charge on any atom is -0.454 e. The molecule has 3 aromatic carbocycles. The number of amides is 1. The minimum absolute atomic E-state index is 0.139. The van der Waals surface area contributed by atoms with Gasteiger partial charge in [-0.2, -0.15) is 0 Å². The molecule has 38 heavy (non-hydrogen) atoms. The number of ether oxygens (including phenoxy) is 2. The lowest BCUT2D eigenvalue weighted by Crippen LogP contribution is -2.59. The summed E-state index contributed by atoms with van der Waals surface area (Å²) in [5.41, 5.74) is 3.94. The van der Waals surface area contributed by atoms with Crippen molar-refractivity contribution in [3.63, 3.8) is 0 Å². The van der Waals surface area contributed by atoms with Crippen LogP contribution in [0.1, 0.15) is 29.5 Å². The Bertz CT molecular complexity index is 1340.